The Morgan fingerprint density at radius 1 is 1.03 bits per heavy atom. The molecule has 1 amide bonds. The molecule has 0 bridgehead atoms. The zero-order valence-corrected chi connectivity index (χ0v) is 17.0. The van der Waals surface area contributed by atoms with Gasteiger partial charge in [0.15, 0.2) is 0 Å². The van der Waals surface area contributed by atoms with Crippen molar-refractivity contribution in [3.63, 3.8) is 0 Å². The summed E-state index contributed by atoms with van der Waals surface area (Å²) < 4.78 is 14.8. The molecule has 2 heterocycles. The number of thiazole rings is 1. The van der Waals surface area contributed by atoms with E-state index >= 15 is 0 Å². The fourth-order valence-corrected chi connectivity index (χ4v) is 3.84. The van der Waals surface area contributed by atoms with E-state index in [9.17, 15) is 9.18 Å². The van der Waals surface area contributed by atoms with Crippen LogP contribution >= 0.6 is 11.3 Å². The Morgan fingerprint density at radius 3 is 2.34 bits per heavy atom. The molecule has 0 aliphatic heterocycles. The molecule has 146 valence electrons. The van der Waals surface area contributed by atoms with E-state index in [1.54, 1.807) is 35.1 Å². The highest BCUT2D eigenvalue weighted by molar-refractivity contribution is 7.09. The molecule has 29 heavy (non-hydrogen) atoms. The Bertz CT molecular complexity index is 1180. The van der Waals surface area contributed by atoms with Crippen LogP contribution in [0.1, 0.15) is 26.8 Å². The average Bonchev–Trinajstić information content (AvgIpc) is 3.26. The number of aromatic nitrogens is 3. The number of benzene rings is 2. The summed E-state index contributed by atoms with van der Waals surface area (Å²) in [6.45, 7) is 5.58. The van der Waals surface area contributed by atoms with E-state index in [-0.39, 0.29) is 11.7 Å². The molecule has 0 saturated heterocycles. The first kappa shape index (κ1) is 19.0. The molecule has 2 aromatic heterocycles. The van der Waals surface area contributed by atoms with Gasteiger partial charge in [-0.3, -0.25) is 4.79 Å². The molecular formula is C22H19FN4OS. The van der Waals surface area contributed by atoms with Gasteiger partial charge in [0.2, 0.25) is 0 Å². The second-order valence-corrected chi connectivity index (χ2v) is 7.78. The molecule has 0 atom stereocenters. The van der Waals surface area contributed by atoms with Crippen LogP contribution in [0.5, 0.6) is 0 Å². The first-order valence-corrected chi connectivity index (χ1v) is 9.96. The highest BCUT2D eigenvalue weighted by Crippen LogP contribution is 2.24. The van der Waals surface area contributed by atoms with Crippen LogP contribution in [0.2, 0.25) is 0 Å². The number of amides is 1. The minimum absolute atomic E-state index is 0.231. The SMILES string of the molecule is Cc1nc(-c2ccc(NC(=O)c3c(C)nn(-c4ccc(F)cc4)c3C)cc2)cs1. The van der Waals surface area contributed by atoms with Crippen LogP contribution < -0.4 is 5.32 Å². The highest BCUT2D eigenvalue weighted by atomic mass is 32.1. The summed E-state index contributed by atoms with van der Waals surface area (Å²) in [7, 11) is 0. The van der Waals surface area contributed by atoms with Crippen LogP contribution in [0.3, 0.4) is 0 Å². The molecule has 0 aliphatic carbocycles. The van der Waals surface area contributed by atoms with E-state index in [2.05, 4.69) is 15.4 Å². The summed E-state index contributed by atoms with van der Waals surface area (Å²) in [4.78, 5) is 17.4. The average molecular weight is 406 g/mol. The lowest BCUT2D eigenvalue weighted by molar-refractivity contribution is 0.102. The van der Waals surface area contributed by atoms with Crippen molar-refractivity contribution in [1.82, 2.24) is 14.8 Å². The van der Waals surface area contributed by atoms with Gasteiger partial charge in [-0.25, -0.2) is 14.1 Å². The molecule has 1 N–H and O–H groups in total. The fraction of sp³-hybridized carbons (Fsp3) is 0.136. The van der Waals surface area contributed by atoms with Crippen LogP contribution in [0.15, 0.2) is 53.9 Å². The van der Waals surface area contributed by atoms with Gasteiger partial charge >= 0.3 is 0 Å². The lowest BCUT2D eigenvalue weighted by atomic mass is 10.1. The quantitative estimate of drug-likeness (QED) is 0.499. The van der Waals surface area contributed by atoms with Crippen molar-refractivity contribution in [3.05, 3.63) is 81.7 Å². The van der Waals surface area contributed by atoms with Crippen molar-refractivity contribution >= 4 is 22.9 Å². The summed E-state index contributed by atoms with van der Waals surface area (Å²) in [5, 5.41) is 10.4. The smallest absolute Gasteiger partial charge is 0.259 e. The number of hydrogen-bond acceptors (Lipinski definition) is 4. The minimum atomic E-state index is -0.315. The molecule has 0 fully saturated rings. The lowest BCUT2D eigenvalue weighted by Gasteiger charge is -2.07. The highest BCUT2D eigenvalue weighted by Gasteiger charge is 2.19. The number of nitrogens with one attached hydrogen (secondary N) is 1. The molecule has 4 rings (SSSR count). The van der Waals surface area contributed by atoms with Gasteiger partial charge in [-0.15, -0.1) is 11.3 Å². The molecule has 5 nitrogen and oxygen atoms in total. The second kappa shape index (κ2) is 7.60. The number of aryl methyl sites for hydroxylation is 2. The third kappa shape index (κ3) is 3.82. The number of carbonyl (C=O) groups is 1. The maximum absolute atomic E-state index is 13.2. The fourth-order valence-electron chi connectivity index (χ4n) is 3.22. The van der Waals surface area contributed by atoms with Crippen molar-refractivity contribution < 1.29 is 9.18 Å². The predicted molar refractivity (Wildman–Crippen MR) is 113 cm³/mol. The largest absolute Gasteiger partial charge is 0.322 e. The molecule has 7 heteroatoms. The van der Waals surface area contributed by atoms with Crippen molar-refractivity contribution in [3.8, 4) is 16.9 Å². The predicted octanol–water partition coefficient (Wildman–Crippen LogP) is 5.31. The van der Waals surface area contributed by atoms with Crippen LogP contribution in [0, 0.1) is 26.6 Å². The minimum Gasteiger partial charge on any atom is -0.322 e. The summed E-state index contributed by atoms with van der Waals surface area (Å²) >= 11 is 1.60. The van der Waals surface area contributed by atoms with Crippen molar-refractivity contribution in [1.29, 1.82) is 0 Å². The number of halogens is 1. The van der Waals surface area contributed by atoms with Crippen LogP contribution in [0.25, 0.3) is 16.9 Å². The molecule has 0 aliphatic rings. The van der Waals surface area contributed by atoms with Gasteiger partial charge in [0.05, 0.1) is 33.3 Å². The molecule has 0 unspecified atom stereocenters. The van der Waals surface area contributed by atoms with E-state index in [4.69, 9.17) is 0 Å². The summed E-state index contributed by atoms with van der Waals surface area (Å²) in [6.07, 6.45) is 0. The van der Waals surface area contributed by atoms with Gasteiger partial charge in [-0.05, 0) is 57.2 Å². The Morgan fingerprint density at radius 2 is 1.72 bits per heavy atom. The standard InChI is InChI=1S/C22H19FN4OS/c1-13-21(14(2)27(26-13)19-10-6-17(23)7-11-19)22(28)25-18-8-4-16(5-9-18)20-12-29-15(3)24-20/h4-12H,1-3H3,(H,25,28). The number of rotatable bonds is 4. The van der Waals surface area contributed by atoms with Crippen LogP contribution in [0.4, 0.5) is 10.1 Å². The van der Waals surface area contributed by atoms with E-state index in [0.29, 0.717) is 28.3 Å². The maximum atomic E-state index is 13.2. The van der Waals surface area contributed by atoms with Gasteiger partial charge in [-0.1, -0.05) is 12.1 Å². The van der Waals surface area contributed by atoms with Gasteiger partial charge in [0.25, 0.3) is 5.91 Å². The first-order valence-electron chi connectivity index (χ1n) is 9.08. The molecule has 0 radical (unpaired) electrons. The van der Waals surface area contributed by atoms with Crippen molar-refractivity contribution in [2.45, 2.75) is 20.8 Å². The van der Waals surface area contributed by atoms with Crippen molar-refractivity contribution in [2.75, 3.05) is 5.32 Å². The number of carbonyl (C=O) groups excluding carboxylic acids is 1. The second-order valence-electron chi connectivity index (χ2n) is 6.72. The zero-order chi connectivity index (χ0) is 20.5. The molecule has 0 spiro atoms. The lowest BCUT2D eigenvalue weighted by Crippen LogP contribution is -2.14. The van der Waals surface area contributed by atoms with Gasteiger partial charge in [-0.2, -0.15) is 5.10 Å². The number of anilines is 1. The van der Waals surface area contributed by atoms with Gasteiger partial charge in [0.1, 0.15) is 5.82 Å². The Balaban J connectivity index is 1.56. The summed E-state index contributed by atoms with van der Waals surface area (Å²) in [5.74, 6) is -0.546. The van der Waals surface area contributed by atoms with Crippen LogP contribution in [-0.2, 0) is 0 Å². The third-order valence-corrected chi connectivity index (χ3v) is 5.42. The maximum Gasteiger partial charge on any atom is 0.259 e. The van der Waals surface area contributed by atoms with Crippen molar-refractivity contribution in [2.24, 2.45) is 0 Å². The van der Waals surface area contributed by atoms with Gasteiger partial charge in [0, 0.05) is 16.6 Å². The van der Waals surface area contributed by atoms with E-state index in [1.165, 1.54) is 12.1 Å². The molecular weight excluding hydrogens is 387 g/mol. The third-order valence-electron chi connectivity index (χ3n) is 4.65. The van der Waals surface area contributed by atoms with Crippen LogP contribution in [-0.4, -0.2) is 20.7 Å². The Kier molecular flexibility index (Phi) is 4.98. The van der Waals surface area contributed by atoms with Gasteiger partial charge < -0.3 is 5.32 Å². The number of nitrogens with zero attached hydrogens (tertiary/aromatic N) is 3. The molecule has 2 aromatic carbocycles. The number of hydrogen-bond donors (Lipinski definition) is 1. The zero-order valence-electron chi connectivity index (χ0n) is 16.2. The van der Waals surface area contributed by atoms with E-state index < -0.39 is 0 Å². The Labute approximate surface area is 171 Å². The molecule has 0 saturated carbocycles. The Hall–Kier alpha value is -3.32. The monoisotopic (exact) mass is 406 g/mol. The summed E-state index contributed by atoms with van der Waals surface area (Å²) in [5.41, 5.74) is 5.14. The van der Waals surface area contributed by atoms with E-state index in [0.717, 1.165) is 16.3 Å². The summed E-state index contributed by atoms with van der Waals surface area (Å²) in [6, 6.07) is 13.6. The topological polar surface area (TPSA) is 59.8 Å². The van der Waals surface area contributed by atoms with E-state index in [1.807, 2.05) is 43.5 Å². The first-order chi connectivity index (χ1) is 13.9. The normalized spacial score (nSPS) is 10.9. The molecule has 4 aromatic rings.